The van der Waals surface area contributed by atoms with Crippen LogP contribution in [0.25, 0.3) is 0 Å². The Hall–Kier alpha value is -1.17. The predicted octanol–water partition coefficient (Wildman–Crippen LogP) is 1.82. The number of rotatable bonds is 5. The minimum absolute atomic E-state index is 0.0725. The molecule has 2 unspecified atom stereocenters. The van der Waals surface area contributed by atoms with Crippen LogP contribution >= 0.6 is 0 Å². The van der Waals surface area contributed by atoms with Crippen molar-refractivity contribution in [3.05, 3.63) is 29.6 Å². The SMILES string of the molecule is COc1cccc(F)c1C(C)N(C)CC1CNCCO1. The number of benzene rings is 1. The first kappa shape index (κ1) is 15.2. The monoisotopic (exact) mass is 282 g/mol. The van der Waals surface area contributed by atoms with Crippen molar-refractivity contribution in [2.45, 2.75) is 19.1 Å². The number of hydrogen-bond donors (Lipinski definition) is 1. The van der Waals surface area contributed by atoms with E-state index in [9.17, 15) is 4.39 Å². The molecule has 112 valence electrons. The van der Waals surface area contributed by atoms with Crippen LogP contribution in [-0.2, 0) is 4.74 Å². The van der Waals surface area contributed by atoms with Gasteiger partial charge in [-0.2, -0.15) is 0 Å². The molecule has 0 aromatic heterocycles. The van der Waals surface area contributed by atoms with Gasteiger partial charge < -0.3 is 14.8 Å². The molecule has 1 saturated heterocycles. The fraction of sp³-hybridized carbons (Fsp3) is 0.600. The Morgan fingerprint density at radius 2 is 2.35 bits per heavy atom. The minimum Gasteiger partial charge on any atom is -0.496 e. The molecule has 1 fully saturated rings. The highest BCUT2D eigenvalue weighted by atomic mass is 19.1. The van der Waals surface area contributed by atoms with Gasteiger partial charge in [-0.05, 0) is 26.1 Å². The van der Waals surface area contributed by atoms with Crippen molar-refractivity contribution in [2.75, 3.05) is 40.4 Å². The summed E-state index contributed by atoms with van der Waals surface area (Å²) in [6.07, 6.45) is 0.147. The molecule has 0 radical (unpaired) electrons. The number of hydrogen-bond acceptors (Lipinski definition) is 4. The van der Waals surface area contributed by atoms with Crippen molar-refractivity contribution in [3.63, 3.8) is 0 Å². The van der Waals surface area contributed by atoms with Gasteiger partial charge in [0.2, 0.25) is 0 Å². The molecule has 1 aromatic rings. The lowest BCUT2D eigenvalue weighted by Crippen LogP contribution is -2.44. The zero-order valence-electron chi connectivity index (χ0n) is 12.4. The lowest BCUT2D eigenvalue weighted by atomic mass is 10.0. The van der Waals surface area contributed by atoms with Gasteiger partial charge in [0, 0.05) is 31.2 Å². The maximum absolute atomic E-state index is 14.1. The van der Waals surface area contributed by atoms with Crippen LogP contribution in [0.4, 0.5) is 4.39 Å². The molecule has 2 rings (SSSR count). The van der Waals surface area contributed by atoms with Gasteiger partial charge in [0.1, 0.15) is 11.6 Å². The first-order valence-corrected chi connectivity index (χ1v) is 6.98. The van der Waals surface area contributed by atoms with E-state index in [4.69, 9.17) is 9.47 Å². The minimum atomic E-state index is -0.230. The molecule has 5 heteroatoms. The van der Waals surface area contributed by atoms with Crippen LogP contribution in [0.3, 0.4) is 0 Å². The normalized spacial score (nSPS) is 20.9. The molecule has 2 atom stereocenters. The lowest BCUT2D eigenvalue weighted by Gasteiger charge is -2.32. The molecule has 1 aliphatic rings. The fourth-order valence-corrected chi connectivity index (χ4v) is 2.54. The summed E-state index contributed by atoms with van der Waals surface area (Å²) in [5, 5.41) is 3.30. The number of methoxy groups -OCH3 is 1. The van der Waals surface area contributed by atoms with E-state index in [1.54, 1.807) is 19.2 Å². The zero-order valence-corrected chi connectivity index (χ0v) is 12.4. The van der Waals surface area contributed by atoms with E-state index in [0.29, 0.717) is 11.3 Å². The largest absolute Gasteiger partial charge is 0.496 e. The third kappa shape index (κ3) is 3.48. The second-order valence-electron chi connectivity index (χ2n) is 5.17. The van der Waals surface area contributed by atoms with Crippen molar-refractivity contribution in [2.24, 2.45) is 0 Å². The van der Waals surface area contributed by atoms with Crippen molar-refractivity contribution in [3.8, 4) is 5.75 Å². The topological polar surface area (TPSA) is 33.7 Å². The first-order valence-electron chi connectivity index (χ1n) is 6.98. The van der Waals surface area contributed by atoms with Gasteiger partial charge >= 0.3 is 0 Å². The van der Waals surface area contributed by atoms with E-state index in [1.165, 1.54) is 6.07 Å². The summed E-state index contributed by atoms with van der Waals surface area (Å²) in [4.78, 5) is 2.10. The number of ether oxygens (including phenoxy) is 2. The Kier molecular flexibility index (Phi) is 5.34. The number of halogens is 1. The number of nitrogens with one attached hydrogen (secondary N) is 1. The van der Waals surface area contributed by atoms with Gasteiger partial charge in [-0.1, -0.05) is 6.07 Å². The Bertz CT molecular complexity index is 436. The average molecular weight is 282 g/mol. The Morgan fingerprint density at radius 3 is 3.00 bits per heavy atom. The molecule has 0 saturated carbocycles. The van der Waals surface area contributed by atoms with Crippen molar-refractivity contribution in [1.29, 1.82) is 0 Å². The molecule has 20 heavy (non-hydrogen) atoms. The van der Waals surface area contributed by atoms with Crippen LogP contribution in [0.15, 0.2) is 18.2 Å². The van der Waals surface area contributed by atoms with Gasteiger partial charge in [0.25, 0.3) is 0 Å². The Morgan fingerprint density at radius 1 is 1.55 bits per heavy atom. The van der Waals surface area contributed by atoms with Crippen LogP contribution in [0.1, 0.15) is 18.5 Å². The molecule has 4 nitrogen and oxygen atoms in total. The van der Waals surface area contributed by atoms with E-state index >= 15 is 0 Å². The third-order valence-electron chi connectivity index (χ3n) is 3.81. The molecular weight excluding hydrogens is 259 g/mol. The highest BCUT2D eigenvalue weighted by molar-refractivity contribution is 5.36. The molecular formula is C15H23FN2O2. The summed E-state index contributed by atoms with van der Waals surface area (Å²) in [5.41, 5.74) is 0.598. The Labute approximate surface area is 119 Å². The van der Waals surface area contributed by atoms with Crippen molar-refractivity contribution in [1.82, 2.24) is 10.2 Å². The zero-order chi connectivity index (χ0) is 14.5. The summed E-state index contributed by atoms with van der Waals surface area (Å²) in [6.45, 7) is 5.21. The van der Waals surface area contributed by atoms with E-state index in [0.717, 1.165) is 26.2 Å². The molecule has 0 spiro atoms. The summed E-state index contributed by atoms with van der Waals surface area (Å²) < 4.78 is 25.0. The quantitative estimate of drug-likeness (QED) is 0.893. The molecule has 0 aliphatic carbocycles. The maximum Gasteiger partial charge on any atom is 0.131 e. The highest BCUT2D eigenvalue weighted by Crippen LogP contribution is 2.30. The van der Waals surface area contributed by atoms with Crippen LogP contribution in [0, 0.1) is 5.82 Å². The molecule has 1 aliphatic heterocycles. The maximum atomic E-state index is 14.1. The number of likely N-dealkylation sites (N-methyl/N-ethyl adjacent to an activating group) is 1. The van der Waals surface area contributed by atoms with Gasteiger partial charge in [-0.25, -0.2) is 4.39 Å². The van der Waals surface area contributed by atoms with Crippen LogP contribution in [0.2, 0.25) is 0 Å². The Balaban J connectivity index is 2.07. The fourth-order valence-electron chi connectivity index (χ4n) is 2.54. The van der Waals surface area contributed by atoms with Gasteiger partial charge in [0.15, 0.2) is 0 Å². The van der Waals surface area contributed by atoms with Crippen LogP contribution < -0.4 is 10.1 Å². The number of morpholine rings is 1. The summed E-state index contributed by atoms with van der Waals surface area (Å²) >= 11 is 0. The average Bonchev–Trinajstić information content (AvgIpc) is 2.47. The van der Waals surface area contributed by atoms with E-state index in [1.807, 2.05) is 14.0 Å². The predicted molar refractivity (Wildman–Crippen MR) is 76.6 cm³/mol. The molecule has 1 N–H and O–H groups in total. The van der Waals surface area contributed by atoms with Crippen molar-refractivity contribution < 1.29 is 13.9 Å². The second kappa shape index (κ2) is 7.02. The first-order chi connectivity index (χ1) is 9.63. The van der Waals surface area contributed by atoms with E-state index < -0.39 is 0 Å². The smallest absolute Gasteiger partial charge is 0.131 e. The summed E-state index contributed by atoms with van der Waals surface area (Å²) in [5.74, 6) is 0.360. The van der Waals surface area contributed by atoms with Crippen LogP contribution in [0.5, 0.6) is 5.75 Å². The highest BCUT2D eigenvalue weighted by Gasteiger charge is 2.23. The van der Waals surface area contributed by atoms with Crippen molar-refractivity contribution >= 4 is 0 Å². The third-order valence-corrected chi connectivity index (χ3v) is 3.81. The molecule has 1 heterocycles. The molecule has 0 amide bonds. The van der Waals surface area contributed by atoms with Gasteiger partial charge in [-0.3, -0.25) is 4.90 Å². The van der Waals surface area contributed by atoms with Gasteiger partial charge in [0.05, 0.1) is 19.8 Å². The second-order valence-corrected chi connectivity index (χ2v) is 5.17. The van der Waals surface area contributed by atoms with Gasteiger partial charge in [-0.15, -0.1) is 0 Å². The molecule has 0 bridgehead atoms. The molecule has 1 aromatic carbocycles. The summed E-state index contributed by atoms with van der Waals surface area (Å²) in [7, 11) is 3.55. The standard InChI is InChI=1S/C15H23FN2O2/c1-11(15-13(16)5-4-6-14(15)19-3)18(2)10-12-9-17-7-8-20-12/h4-6,11-12,17H,7-10H2,1-3H3. The summed E-state index contributed by atoms with van der Waals surface area (Å²) in [6, 6.07) is 4.86. The van der Waals surface area contributed by atoms with E-state index in [-0.39, 0.29) is 18.0 Å². The van der Waals surface area contributed by atoms with Crippen LogP contribution in [-0.4, -0.2) is 51.4 Å². The lowest BCUT2D eigenvalue weighted by molar-refractivity contribution is 0.00354. The number of nitrogens with zero attached hydrogens (tertiary/aromatic N) is 1. The van der Waals surface area contributed by atoms with E-state index in [2.05, 4.69) is 10.2 Å².